The normalized spacial score (nSPS) is 18.0. The van der Waals surface area contributed by atoms with E-state index in [0.717, 1.165) is 48.6 Å². The maximum absolute atomic E-state index is 13.6. The van der Waals surface area contributed by atoms with Gasteiger partial charge in [-0.05, 0) is 55.2 Å². The standard InChI is InChI=1S/C23H24N6O/c1-2-25-23-26-14-20-21(27-23)28-12-4-7-19(28)15-29(22(20)30)18-6-3-5-17(13-18)16-8-10-24-11-9-16/h3,5-6,8-11,13-14,19H,2,4,7,12,15H2,1H3,(H,25,26,27)/t19-/m0/s1. The number of anilines is 3. The molecule has 7 heteroatoms. The van der Waals surface area contributed by atoms with E-state index in [4.69, 9.17) is 4.98 Å². The number of aromatic nitrogens is 3. The molecule has 0 spiro atoms. The Balaban J connectivity index is 1.56. The average molecular weight is 400 g/mol. The first-order chi connectivity index (χ1) is 14.7. The summed E-state index contributed by atoms with van der Waals surface area (Å²) in [4.78, 5) is 30.9. The van der Waals surface area contributed by atoms with Gasteiger partial charge in [-0.3, -0.25) is 9.78 Å². The van der Waals surface area contributed by atoms with Gasteiger partial charge in [0.1, 0.15) is 11.4 Å². The molecule has 1 fully saturated rings. The van der Waals surface area contributed by atoms with Gasteiger partial charge in [0, 0.05) is 50.0 Å². The molecule has 152 valence electrons. The molecule has 30 heavy (non-hydrogen) atoms. The molecule has 1 aromatic carbocycles. The molecular weight excluding hydrogens is 376 g/mol. The lowest BCUT2D eigenvalue weighted by Crippen LogP contribution is -2.39. The third-order valence-electron chi connectivity index (χ3n) is 5.79. The number of fused-ring (bicyclic) bond motifs is 3. The molecule has 4 heterocycles. The predicted molar refractivity (Wildman–Crippen MR) is 118 cm³/mol. The quantitative estimate of drug-likeness (QED) is 0.721. The molecule has 0 saturated carbocycles. The number of nitrogens with one attached hydrogen (secondary N) is 1. The van der Waals surface area contributed by atoms with E-state index in [-0.39, 0.29) is 11.9 Å². The Morgan fingerprint density at radius 2 is 2.03 bits per heavy atom. The molecule has 1 N–H and O–H groups in total. The van der Waals surface area contributed by atoms with Crippen molar-refractivity contribution in [1.82, 2.24) is 15.0 Å². The molecule has 1 saturated heterocycles. The lowest BCUT2D eigenvalue weighted by atomic mass is 10.1. The molecule has 0 radical (unpaired) electrons. The zero-order chi connectivity index (χ0) is 20.5. The monoisotopic (exact) mass is 400 g/mol. The maximum Gasteiger partial charge on any atom is 0.263 e. The molecular formula is C23H24N6O. The largest absolute Gasteiger partial charge is 0.354 e. The van der Waals surface area contributed by atoms with E-state index in [2.05, 4.69) is 32.3 Å². The van der Waals surface area contributed by atoms with Crippen LogP contribution in [0.1, 0.15) is 30.1 Å². The van der Waals surface area contributed by atoms with Gasteiger partial charge in [0.25, 0.3) is 5.91 Å². The number of carbonyl (C=O) groups is 1. The first-order valence-corrected chi connectivity index (χ1v) is 10.4. The van der Waals surface area contributed by atoms with Gasteiger partial charge in [0.15, 0.2) is 0 Å². The number of benzene rings is 1. The molecule has 5 rings (SSSR count). The first kappa shape index (κ1) is 18.5. The fourth-order valence-corrected chi connectivity index (χ4v) is 4.35. The smallest absolute Gasteiger partial charge is 0.263 e. The number of carbonyl (C=O) groups excluding carboxylic acids is 1. The second kappa shape index (κ2) is 7.74. The average Bonchev–Trinajstić information content (AvgIpc) is 3.22. The number of amides is 1. The third-order valence-corrected chi connectivity index (χ3v) is 5.79. The van der Waals surface area contributed by atoms with Crippen LogP contribution in [0.3, 0.4) is 0 Å². The summed E-state index contributed by atoms with van der Waals surface area (Å²) in [5.74, 6) is 1.28. The number of nitrogens with zero attached hydrogens (tertiary/aromatic N) is 5. The minimum atomic E-state index is -0.0469. The van der Waals surface area contributed by atoms with Crippen molar-refractivity contribution in [1.29, 1.82) is 0 Å². The highest BCUT2D eigenvalue weighted by Gasteiger charge is 2.37. The highest BCUT2D eigenvalue weighted by molar-refractivity contribution is 6.10. The summed E-state index contributed by atoms with van der Waals surface area (Å²) >= 11 is 0. The lowest BCUT2D eigenvalue weighted by molar-refractivity contribution is 0.0988. The second-order valence-electron chi connectivity index (χ2n) is 7.65. The fraction of sp³-hybridized carbons (Fsp3) is 0.304. The van der Waals surface area contributed by atoms with E-state index in [1.165, 1.54) is 0 Å². The van der Waals surface area contributed by atoms with Gasteiger partial charge in [-0.1, -0.05) is 12.1 Å². The Morgan fingerprint density at radius 1 is 1.17 bits per heavy atom. The minimum Gasteiger partial charge on any atom is -0.354 e. The van der Waals surface area contributed by atoms with Crippen molar-refractivity contribution in [3.05, 3.63) is 60.6 Å². The molecule has 2 aliphatic heterocycles. The Bertz CT molecular complexity index is 1070. The van der Waals surface area contributed by atoms with Crippen LogP contribution in [0.25, 0.3) is 11.1 Å². The molecule has 3 aromatic rings. The van der Waals surface area contributed by atoms with Crippen LogP contribution in [0.4, 0.5) is 17.5 Å². The van der Waals surface area contributed by atoms with Crippen LogP contribution >= 0.6 is 0 Å². The number of pyridine rings is 1. The van der Waals surface area contributed by atoms with E-state index in [1.807, 2.05) is 36.1 Å². The molecule has 2 aromatic heterocycles. The lowest BCUT2D eigenvalue weighted by Gasteiger charge is -2.27. The van der Waals surface area contributed by atoms with Crippen molar-refractivity contribution >= 4 is 23.4 Å². The van der Waals surface area contributed by atoms with Crippen molar-refractivity contribution in [2.75, 3.05) is 34.8 Å². The minimum absolute atomic E-state index is 0.0469. The number of hydrogen-bond acceptors (Lipinski definition) is 6. The first-order valence-electron chi connectivity index (χ1n) is 10.4. The Labute approximate surface area is 175 Å². The van der Waals surface area contributed by atoms with E-state index in [1.54, 1.807) is 18.6 Å². The molecule has 1 atom stereocenters. The summed E-state index contributed by atoms with van der Waals surface area (Å²) in [7, 11) is 0. The zero-order valence-electron chi connectivity index (χ0n) is 17.0. The Hall–Kier alpha value is -3.48. The van der Waals surface area contributed by atoms with Crippen LogP contribution in [-0.4, -0.2) is 46.5 Å². The van der Waals surface area contributed by atoms with Crippen LogP contribution in [0, 0.1) is 0 Å². The Morgan fingerprint density at radius 3 is 2.87 bits per heavy atom. The van der Waals surface area contributed by atoms with E-state index < -0.39 is 0 Å². The highest BCUT2D eigenvalue weighted by atomic mass is 16.2. The summed E-state index contributed by atoms with van der Waals surface area (Å²) in [6.07, 6.45) is 7.39. The molecule has 0 aliphatic carbocycles. The summed E-state index contributed by atoms with van der Waals surface area (Å²) in [5, 5.41) is 3.16. The fourth-order valence-electron chi connectivity index (χ4n) is 4.35. The molecule has 0 unspecified atom stereocenters. The topological polar surface area (TPSA) is 74.2 Å². The molecule has 7 nitrogen and oxygen atoms in total. The summed E-state index contributed by atoms with van der Waals surface area (Å²) < 4.78 is 0. The van der Waals surface area contributed by atoms with Gasteiger partial charge in [-0.2, -0.15) is 4.98 Å². The van der Waals surface area contributed by atoms with E-state index in [0.29, 0.717) is 18.1 Å². The van der Waals surface area contributed by atoms with Gasteiger partial charge >= 0.3 is 0 Å². The SMILES string of the molecule is CCNc1ncc2c(n1)N1CCC[C@H]1CN(c1cccc(-c3ccncc3)c1)C2=O. The Kier molecular flexibility index (Phi) is 4.78. The van der Waals surface area contributed by atoms with E-state index >= 15 is 0 Å². The highest BCUT2D eigenvalue weighted by Crippen LogP contribution is 2.35. The van der Waals surface area contributed by atoms with E-state index in [9.17, 15) is 4.79 Å². The van der Waals surface area contributed by atoms with Crippen LogP contribution in [-0.2, 0) is 0 Å². The van der Waals surface area contributed by atoms with Crippen molar-refractivity contribution in [2.24, 2.45) is 0 Å². The van der Waals surface area contributed by atoms with Gasteiger partial charge in [0.2, 0.25) is 5.95 Å². The van der Waals surface area contributed by atoms with Crippen molar-refractivity contribution in [3.63, 3.8) is 0 Å². The molecule has 1 amide bonds. The van der Waals surface area contributed by atoms with Gasteiger partial charge in [-0.25, -0.2) is 4.98 Å². The van der Waals surface area contributed by atoms with Crippen molar-refractivity contribution in [2.45, 2.75) is 25.8 Å². The summed E-state index contributed by atoms with van der Waals surface area (Å²) in [5.41, 5.74) is 3.60. The second-order valence-corrected chi connectivity index (χ2v) is 7.65. The third kappa shape index (κ3) is 3.26. The van der Waals surface area contributed by atoms with Gasteiger partial charge in [-0.15, -0.1) is 0 Å². The van der Waals surface area contributed by atoms with Gasteiger partial charge in [0.05, 0.1) is 0 Å². The summed E-state index contributed by atoms with van der Waals surface area (Å²) in [6, 6.07) is 12.3. The van der Waals surface area contributed by atoms with Crippen LogP contribution < -0.4 is 15.1 Å². The van der Waals surface area contributed by atoms with Crippen LogP contribution in [0.15, 0.2) is 55.0 Å². The number of hydrogen-bond donors (Lipinski definition) is 1. The maximum atomic E-state index is 13.6. The summed E-state index contributed by atoms with van der Waals surface area (Å²) in [6.45, 7) is 4.31. The van der Waals surface area contributed by atoms with Crippen molar-refractivity contribution in [3.8, 4) is 11.1 Å². The van der Waals surface area contributed by atoms with Crippen LogP contribution in [0.5, 0.6) is 0 Å². The molecule has 2 aliphatic rings. The van der Waals surface area contributed by atoms with Crippen molar-refractivity contribution < 1.29 is 4.79 Å². The zero-order valence-corrected chi connectivity index (χ0v) is 17.0. The van der Waals surface area contributed by atoms with Crippen LogP contribution in [0.2, 0.25) is 0 Å². The number of rotatable bonds is 4. The molecule has 0 bridgehead atoms. The predicted octanol–water partition coefficient (Wildman–Crippen LogP) is 3.60. The van der Waals surface area contributed by atoms with Gasteiger partial charge < -0.3 is 15.1 Å².